The first kappa shape index (κ1) is 21.1. The molecular formula is C21H20FNO4S2. The number of ether oxygens (including phenoxy) is 3. The molecule has 1 aromatic heterocycles. The standard InChI is InChI=1S/C21H20FNO4S2/c1-25-18-8-3-14(11-19(18)26-2)21-23-16(13-29-21)12-27-20(24)9-10-28-17-6-4-15(22)5-7-17/h3-8,11,13H,9-10,12H2,1-2H3. The van der Waals surface area contributed by atoms with Crippen LogP contribution in [0.1, 0.15) is 12.1 Å². The van der Waals surface area contributed by atoms with Crippen LogP contribution in [0.3, 0.4) is 0 Å². The van der Waals surface area contributed by atoms with Gasteiger partial charge < -0.3 is 14.2 Å². The molecule has 0 atom stereocenters. The highest BCUT2D eigenvalue weighted by atomic mass is 32.2. The second-order valence-electron chi connectivity index (χ2n) is 5.93. The van der Waals surface area contributed by atoms with E-state index in [1.165, 1.54) is 35.2 Å². The Hall–Kier alpha value is -2.58. The lowest BCUT2D eigenvalue weighted by atomic mass is 10.2. The van der Waals surface area contributed by atoms with E-state index in [2.05, 4.69) is 4.98 Å². The molecule has 1 heterocycles. The lowest BCUT2D eigenvalue weighted by Crippen LogP contribution is -2.05. The fourth-order valence-electron chi connectivity index (χ4n) is 2.48. The van der Waals surface area contributed by atoms with Gasteiger partial charge in [-0.2, -0.15) is 0 Å². The fraction of sp³-hybridized carbons (Fsp3) is 0.238. The Bertz CT molecular complexity index is 960. The van der Waals surface area contributed by atoms with Crippen LogP contribution < -0.4 is 9.47 Å². The average Bonchev–Trinajstić information content (AvgIpc) is 3.22. The average molecular weight is 434 g/mol. The van der Waals surface area contributed by atoms with Crippen molar-refractivity contribution in [3.05, 3.63) is 59.4 Å². The minimum absolute atomic E-state index is 0.129. The summed E-state index contributed by atoms with van der Waals surface area (Å²) in [6, 6.07) is 11.8. The van der Waals surface area contributed by atoms with Crippen molar-refractivity contribution in [2.24, 2.45) is 0 Å². The summed E-state index contributed by atoms with van der Waals surface area (Å²) in [6.07, 6.45) is 0.273. The first-order valence-electron chi connectivity index (χ1n) is 8.80. The molecule has 0 spiro atoms. The number of aromatic nitrogens is 1. The van der Waals surface area contributed by atoms with Gasteiger partial charge in [-0.3, -0.25) is 4.79 Å². The maximum absolute atomic E-state index is 12.9. The summed E-state index contributed by atoms with van der Waals surface area (Å²) >= 11 is 2.95. The van der Waals surface area contributed by atoms with Crippen molar-refractivity contribution in [2.45, 2.75) is 17.9 Å². The largest absolute Gasteiger partial charge is 0.493 e. The topological polar surface area (TPSA) is 57.7 Å². The van der Waals surface area contributed by atoms with E-state index in [1.807, 2.05) is 23.6 Å². The van der Waals surface area contributed by atoms with E-state index in [-0.39, 0.29) is 24.8 Å². The van der Waals surface area contributed by atoms with E-state index < -0.39 is 0 Å². The minimum atomic E-state index is -0.291. The third kappa shape index (κ3) is 5.95. The normalized spacial score (nSPS) is 10.6. The Morgan fingerprint density at radius 1 is 1.10 bits per heavy atom. The van der Waals surface area contributed by atoms with Crippen LogP contribution in [0.25, 0.3) is 10.6 Å². The third-order valence-corrected chi connectivity index (χ3v) is 5.91. The quantitative estimate of drug-likeness (QED) is 0.342. The Morgan fingerprint density at radius 2 is 1.86 bits per heavy atom. The van der Waals surface area contributed by atoms with Crippen LogP contribution in [-0.4, -0.2) is 30.9 Å². The van der Waals surface area contributed by atoms with Crippen molar-refractivity contribution in [3.8, 4) is 22.1 Å². The molecule has 5 nitrogen and oxygen atoms in total. The Kier molecular flexibility index (Phi) is 7.48. The molecule has 0 radical (unpaired) electrons. The summed E-state index contributed by atoms with van der Waals surface area (Å²) in [5, 5.41) is 2.68. The molecule has 0 unspecified atom stereocenters. The Morgan fingerprint density at radius 3 is 2.59 bits per heavy atom. The SMILES string of the molecule is COc1ccc(-c2nc(COC(=O)CCSc3ccc(F)cc3)cs2)cc1OC. The molecule has 0 aliphatic heterocycles. The molecule has 152 valence electrons. The van der Waals surface area contributed by atoms with E-state index in [0.29, 0.717) is 22.9 Å². The van der Waals surface area contributed by atoms with Crippen LogP contribution in [0.5, 0.6) is 11.5 Å². The second-order valence-corrected chi connectivity index (χ2v) is 7.95. The van der Waals surface area contributed by atoms with Gasteiger partial charge in [0.1, 0.15) is 17.4 Å². The van der Waals surface area contributed by atoms with Gasteiger partial charge in [-0.15, -0.1) is 23.1 Å². The highest BCUT2D eigenvalue weighted by Crippen LogP contribution is 2.33. The number of benzene rings is 2. The molecule has 0 saturated carbocycles. The summed E-state index contributed by atoms with van der Waals surface area (Å²) < 4.78 is 28.7. The zero-order valence-electron chi connectivity index (χ0n) is 16.0. The van der Waals surface area contributed by atoms with E-state index in [0.717, 1.165) is 15.5 Å². The van der Waals surface area contributed by atoms with Crippen molar-refractivity contribution in [2.75, 3.05) is 20.0 Å². The smallest absolute Gasteiger partial charge is 0.307 e. The van der Waals surface area contributed by atoms with E-state index in [4.69, 9.17) is 14.2 Å². The number of halogens is 1. The van der Waals surface area contributed by atoms with Gasteiger partial charge >= 0.3 is 5.97 Å². The van der Waals surface area contributed by atoms with Gasteiger partial charge in [0.25, 0.3) is 0 Å². The number of hydrogen-bond donors (Lipinski definition) is 0. The number of carbonyl (C=O) groups excluding carboxylic acids is 1. The number of hydrogen-bond acceptors (Lipinski definition) is 7. The Labute approximate surface area is 176 Å². The van der Waals surface area contributed by atoms with E-state index >= 15 is 0 Å². The minimum Gasteiger partial charge on any atom is -0.493 e. The van der Waals surface area contributed by atoms with Crippen LogP contribution in [0.15, 0.2) is 52.7 Å². The van der Waals surface area contributed by atoms with Crippen molar-refractivity contribution in [1.82, 2.24) is 4.98 Å². The summed E-state index contributed by atoms with van der Waals surface area (Å²) in [5.41, 5.74) is 1.60. The molecule has 0 N–H and O–H groups in total. The van der Waals surface area contributed by atoms with Gasteiger partial charge in [-0.25, -0.2) is 9.37 Å². The van der Waals surface area contributed by atoms with Crippen molar-refractivity contribution in [3.63, 3.8) is 0 Å². The molecular weight excluding hydrogens is 413 g/mol. The molecule has 0 fully saturated rings. The number of thiazole rings is 1. The van der Waals surface area contributed by atoms with Gasteiger partial charge in [0.2, 0.25) is 0 Å². The number of carbonyl (C=O) groups is 1. The summed E-state index contributed by atoms with van der Waals surface area (Å²) in [7, 11) is 3.17. The number of thioether (sulfide) groups is 1. The van der Waals surface area contributed by atoms with Gasteiger partial charge in [-0.1, -0.05) is 0 Å². The summed E-state index contributed by atoms with van der Waals surface area (Å²) in [4.78, 5) is 17.4. The number of methoxy groups -OCH3 is 2. The van der Waals surface area contributed by atoms with E-state index in [9.17, 15) is 9.18 Å². The molecule has 0 aliphatic carbocycles. The number of nitrogens with zero attached hydrogens (tertiary/aromatic N) is 1. The molecule has 29 heavy (non-hydrogen) atoms. The molecule has 0 amide bonds. The van der Waals surface area contributed by atoms with Crippen molar-refractivity contribution < 1.29 is 23.4 Å². The maximum Gasteiger partial charge on any atom is 0.307 e. The monoisotopic (exact) mass is 433 g/mol. The maximum atomic E-state index is 12.9. The zero-order chi connectivity index (χ0) is 20.6. The lowest BCUT2D eigenvalue weighted by molar-refractivity contribution is -0.144. The van der Waals surface area contributed by atoms with Crippen LogP contribution >= 0.6 is 23.1 Å². The van der Waals surface area contributed by atoms with E-state index in [1.54, 1.807) is 26.4 Å². The predicted octanol–water partition coefficient (Wildman–Crippen LogP) is 5.19. The van der Waals surface area contributed by atoms with Crippen LogP contribution in [0.2, 0.25) is 0 Å². The van der Waals surface area contributed by atoms with Gasteiger partial charge in [-0.05, 0) is 42.5 Å². The summed E-state index contributed by atoms with van der Waals surface area (Å²) in [5.74, 6) is 1.29. The molecule has 0 saturated heterocycles. The Balaban J connectivity index is 1.48. The van der Waals surface area contributed by atoms with Crippen LogP contribution in [0.4, 0.5) is 4.39 Å². The number of esters is 1. The molecule has 3 rings (SSSR count). The molecule has 0 aliphatic rings. The third-order valence-electron chi connectivity index (χ3n) is 3.95. The highest BCUT2D eigenvalue weighted by molar-refractivity contribution is 7.99. The van der Waals surface area contributed by atoms with Gasteiger partial charge in [0.15, 0.2) is 11.5 Å². The second kappa shape index (κ2) is 10.3. The zero-order valence-corrected chi connectivity index (χ0v) is 17.6. The summed E-state index contributed by atoms with van der Waals surface area (Å²) in [6.45, 7) is 0.129. The van der Waals surface area contributed by atoms with Gasteiger partial charge in [0.05, 0.1) is 26.3 Å². The molecule has 8 heteroatoms. The van der Waals surface area contributed by atoms with Crippen molar-refractivity contribution >= 4 is 29.1 Å². The highest BCUT2D eigenvalue weighted by Gasteiger charge is 2.11. The van der Waals surface area contributed by atoms with Crippen molar-refractivity contribution in [1.29, 1.82) is 0 Å². The van der Waals surface area contributed by atoms with Crippen LogP contribution in [-0.2, 0) is 16.1 Å². The lowest BCUT2D eigenvalue weighted by Gasteiger charge is -2.08. The first-order chi connectivity index (χ1) is 14.1. The van der Waals surface area contributed by atoms with Gasteiger partial charge in [0, 0.05) is 21.6 Å². The molecule has 3 aromatic rings. The molecule has 0 bridgehead atoms. The molecule has 2 aromatic carbocycles. The first-order valence-corrected chi connectivity index (χ1v) is 10.7. The number of rotatable bonds is 9. The van der Waals surface area contributed by atoms with Crippen LogP contribution in [0, 0.1) is 5.82 Å². The fourth-order valence-corrected chi connectivity index (χ4v) is 4.12. The predicted molar refractivity (Wildman–Crippen MR) is 112 cm³/mol.